The number of anilines is 2. The molecule has 0 unspecified atom stereocenters. The van der Waals surface area contributed by atoms with E-state index in [1.807, 2.05) is 31.2 Å². The van der Waals surface area contributed by atoms with Crippen molar-refractivity contribution in [3.05, 3.63) is 59.2 Å². The van der Waals surface area contributed by atoms with Crippen molar-refractivity contribution in [3.63, 3.8) is 0 Å². The molecule has 0 saturated carbocycles. The third-order valence-electron chi connectivity index (χ3n) is 9.12. The molecular weight excluding hydrogens is 517 g/mol. The maximum absolute atomic E-state index is 16.0. The summed E-state index contributed by atoms with van der Waals surface area (Å²) in [6.07, 6.45) is 0.144. The molecule has 1 spiro atoms. The molecule has 10 heteroatoms. The molecule has 2 N–H and O–H groups in total. The molecule has 4 aliphatic rings. The van der Waals surface area contributed by atoms with E-state index in [4.69, 9.17) is 4.74 Å². The molecule has 0 aliphatic carbocycles. The number of nitrogens with zero attached hydrogens (tertiary/aromatic N) is 2. The average molecular weight is 552 g/mol. The van der Waals surface area contributed by atoms with E-state index >= 15 is 4.11 Å². The highest BCUT2D eigenvalue weighted by Gasteiger charge is 2.65. The third-order valence-corrected chi connectivity index (χ3v) is 11.6. The first-order valence-corrected chi connectivity index (χ1v) is 16.6. The summed E-state index contributed by atoms with van der Waals surface area (Å²) in [5.41, 5.74) is 1.93. The van der Waals surface area contributed by atoms with E-state index in [-0.39, 0.29) is 36.8 Å². The number of benzene rings is 2. The number of aliphatic hydroxyl groups excluding tert-OH is 1. The molecule has 0 aromatic heterocycles. The van der Waals surface area contributed by atoms with Crippen LogP contribution in [0.25, 0.3) is 0 Å². The van der Waals surface area contributed by atoms with Crippen LogP contribution in [-0.2, 0) is 37.7 Å². The van der Waals surface area contributed by atoms with Crippen molar-refractivity contribution in [2.24, 2.45) is 5.92 Å². The number of halogens is 1. The quantitative estimate of drug-likeness (QED) is 0.337. The molecule has 206 valence electrons. The molecule has 2 saturated heterocycles. The Morgan fingerprint density at radius 1 is 1.21 bits per heavy atom. The minimum absolute atomic E-state index is 0.0156. The van der Waals surface area contributed by atoms with Crippen LogP contribution in [0.5, 0.6) is 0 Å². The number of hydrogen-bond donors (Lipinski definition) is 2. The molecule has 39 heavy (non-hydrogen) atoms. The number of carbonyl (C=O) groups excluding carboxylic acids is 3. The first kappa shape index (κ1) is 26.2. The predicted molar refractivity (Wildman–Crippen MR) is 146 cm³/mol. The highest BCUT2D eigenvalue weighted by molar-refractivity contribution is 6.72. The number of nitrogens with one attached hydrogen (secondary N) is 1. The molecule has 2 aromatic carbocycles. The lowest BCUT2D eigenvalue weighted by Gasteiger charge is -2.37. The van der Waals surface area contributed by atoms with Crippen LogP contribution >= 0.6 is 0 Å². The van der Waals surface area contributed by atoms with Crippen LogP contribution in [0.15, 0.2) is 42.5 Å². The van der Waals surface area contributed by atoms with Gasteiger partial charge in [-0.05, 0) is 48.8 Å². The van der Waals surface area contributed by atoms with Crippen LogP contribution < -0.4 is 10.2 Å². The van der Waals surface area contributed by atoms with Crippen molar-refractivity contribution in [2.75, 3.05) is 23.4 Å². The standard InChI is InChI=1S/C29H34FN3O5Si/c1-17-27(39(2,3)30)24(14-26(36)33-15-19-7-5-4-6-18(19)12-21(33)16-34)38-29(17)22-13-20(32-11-10-25(32)35)8-9-23(22)31-28(29)37/h4-9,13,17,21,24,27,34H,10-12,14-16H2,1-3H3,(H,31,37)/t17-,21+,24+,27-,29+/m1/s1. The smallest absolute Gasteiger partial charge is 0.261 e. The van der Waals surface area contributed by atoms with Gasteiger partial charge in [0.05, 0.1) is 25.2 Å². The summed E-state index contributed by atoms with van der Waals surface area (Å²) >= 11 is 0. The fourth-order valence-corrected chi connectivity index (χ4v) is 9.64. The predicted octanol–water partition coefficient (Wildman–Crippen LogP) is 3.49. The van der Waals surface area contributed by atoms with Crippen LogP contribution in [0.2, 0.25) is 18.6 Å². The number of carbonyl (C=O) groups is 3. The monoisotopic (exact) mass is 551 g/mol. The van der Waals surface area contributed by atoms with E-state index in [0.29, 0.717) is 42.9 Å². The molecule has 5 atom stereocenters. The van der Waals surface area contributed by atoms with E-state index < -0.39 is 31.6 Å². The molecule has 3 amide bonds. The Morgan fingerprint density at radius 2 is 1.95 bits per heavy atom. The Hall–Kier alpha value is -3.08. The van der Waals surface area contributed by atoms with E-state index in [1.165, 1.54) is 0 Å². The Labute approximate surface area is 228 Å². The minimum atomic E-state index is -3.43. The second kappa shape index (κ2) is 9.24. The molecule has 4 heterocycles. The van der Waals surface area contributed by atoms with Crippen molar-refractivity contribution < 1.29 is 28.3 Å². The lowest BCUT2D eigenvalue weighted by atomic mass is 9.82. The normalized spacial score (nSPS) is 29.8. The number of ether oxygens (including phenoxy) is 1. The second-order valence-corrected chi connectivity index (χ2v) is 15.6. The van der Waals surface area contributed by atoms with Crippen LogP contribution in [0.1, 0.15) is 36.5 Å². The topological polar surface area (TPSA) is 99.2 Å². The number of aliphatic hydroxyl groups is 1. The lowest BCUT2D eigenvalue weighted by molar-refractivity contribution is -0.149. The number of hydrogen-bond acceptors (Lipinski definition) is 5. The van der Waals surface area contributed by atoms with Gasteiger partial charge in [-0.25, -0.2) is 0 Å². The van der Waals surface area contributed by atoms with Crippen molar-refractivity contribution >= 4 is 37.5 Å². The zero-order valence-corrected chi connectivity index (χ0v) is 23.4. The van der Waals surface area contributed by atoms with Gasteiger partial charge in [0.2, 0.25) is 20.2 Å². The van der Waals surface area contributed by atoms with Gasteiger partial charge < -0.3 is 29.1 Å². The molecule has 2 fully saturated rings. The lowest BCUT2D eigenvalue weighted by Crippen LogP contribution is -2.48. The summed E-state index contributed by atoms with van der Waals surface area (Å²) < 4.78 is 22.6. The van der Waals surface area contributed by atoms with Gasteiger partial charge in [-0.1, -0.05) is 31.2 Å². The van der Waals surface area contributed by atoms with Gasteiger partial charge >= 0.3 is 0 Å². The summed E-state index contributed by atoms with van der Waals surface area (Å²) in [6, 6.07) is 12.9. The largest absolute Gasteiger partial charge is 0.394 e. The van der Waals surface area contributed by atoms with Crippen molar-refractivity contribution in [3.8, 4) is 0 Å². The zero-order valence-electron chi connectivity index (χ0n) is 22.4. The molecule has 0 bridgehead atoms. The summed E-state index contributed by atoms with van der Waals surface area (Å²) in [7, 11) is -3.43. The van der Waals surface area contributed by atoms with Gasteiger partial charge in [-0.2, -0.15) is 0 Å². The van der Waals surface area contributed by atoms with Crippen LogP contribution in [0.3, 0.4) is 0 Å². The van der Waals surface area contributed by atoms with E-state index in [0.717, 1.165) is 11.1 Å². The third kappa shape index (κ3) is 4.03. The van der Waals surface area contributed by atoms with Crippen molar-refractivity contribution in [1.82, 2.24) is 4.90 Å². The number of β-lactam (4-membered cyclic amide) rings is 1. The molecule has 0 radical (unpaired) electrons. The Morgan fingerprint density at radius 3 is 2.59 bits per heavy atom. The SMILES string of the molecule is C[C@@H]1[C@@H]([Si](C)(C)F)[C@H](CC(=O)N2Cc3ccccc3C[C@H]2CO)O[C@@]12C(=O)Nc1ccc(N3CCC3=O)cc12. The highest BCUT2D eigenvalue weighted by atomic mass is 28.4. The van der Waals surface area contributed by atoms with Gasteiger partial charge in [0, 0.05) is 47.9 Å². The molecule has 4 aliphatic heterocycles. The number of rotatable bonds is 5. The van der Waals surface area contributed by atoms with Gasteiger partial charge in [0.25, 0.3) is 5.91 Å². The van der Waals surface area contributed by atoms with Crippen LogP contribution in [0.4, 0.5) is 15.5 Å². The summed E-state index contributed by atoms with van der Waals surface area (Å²) in [5.74, 6) is -1.10. The fourth-order valence-electron chi connectivity index (χ4n) is 7.14. The number of amides is 3. The maximum Gasteiger partial charge on any atom is 0.261 e. The average Bonchev–Trinajstić information content (AvgIpc) is 3.35. The zero-order chi connectivity index (χ0) is 27.7. The van der Waals surface area contributed by atoms with Gasteiger partial charge in [0.1, 0.15) is 0 Å². The fraction of sp³-hybridized carbons (Fsp3) is 0.483. The first-order chi connectivity index (χ1) is 18.5. The second-order valence-electron chi connectivity index (χ2n) is 11.8. The van der Waals surface area contributed by atoms with Gasteiger partial charge in [-0.3, -0.25) is 14.4 Å². The van der Waals surface area contributed by atoms with E-state index in [1.54, 1.807) is 41.1 Å². The van der Waals surface area contributed by atoms with E-state index in [9.17, 15) is 19.5 Å². The summed E-state index contributed by atoms with van der Waals surface area (Å²) in [6.45, 7) is 5.85. The molecule has 8 nitrogen and oxygen atoms in total. The Balaban J connectivity index is 1.33. The van der Waals surface area contributed by atoms with Crippen molar-refractivity contribution in [2.45, 2.75) is 69.1 Å². The maximum atomic E-state index is 16.0. The molecule has 6 rings (SSSR count). The summed E-state index contributed by atoms with van der Waals surface area (Å²) in [5, 5.41) is 13.0. The highest BCUT2D eigenvalue weighted by Crippen LogP contribution is 2.59. The Kier molecular flexibility index (Phi) is 6.20. The van der Waals surface area contributed by atoms with Crippen LogP contribution in [-0.4, -0.2) is 61.4 Å². The van der Waals surface area contributed by atoms with E-state index in [2.05, 4.69) is 5.32 Å². The Bertz CT molecular complexity index is 1360. The van der Waals surface area contributed by atoms with Crippen molar-refractivity contribution in [1.29, 1.82) is 0 Å². The first-order valence-electron chi connectivity index (χ1n) is 13.6. The molecular formula is C29H34FN3O5Si. The minimum Gasteiger partial charge on any atom is -0.394 e. The van der Waals surface area contributed by atoms with Gasteiger partial charge in [-0.15, -0.1) is 0 Å². The van der Waals surface area contributed by atoms with Crippen LogP contribution in [0, 0.1) is 5.92 Å². The van der Waals surface area contributed by atoms with Gasteiger partial charge in [0.15, 0.2) is 5.60 Å². The summed E-state index contributed by atoms with van der Waals surface area (Å²) in [4.78, 5) is 42.8. The molecule has 2 aromatic rings. The number of fused-ring (bicyclic) bond motifs is 3.